The third-order valence-electron chi connectivity index (χ3n) is 5.06. The van der Waals surface area contributed by atoms with Crippen molar-refractivity contribution < 1.29 is 14.0 Å². The van der Waals surface area contributed by atoms with Gasteiger partial charge < -0.3 is 5.32 Å². The van der Waals surface area contributed by atoms with E-state index in [1.54, 1.807) is 36.4 Å². The summed E-state index contributed by atoms with van der Waals surface area (Å²) in [5, 5.41) is 12.7. The highest BCUT2D eigenvalue weighted by molar-refractivity contribution is 9.10. The molecule has 1 N–H and O–H groups in total. The third-order valence-corrected chi connectivity index (χ3v) is 7.22. The van der Waals surface area contributed by atoms with Crippen LogP contribution in [0.1, 0.15) is 5.56 Å². The molecule has 0 radical (unpaired) electrons. The van der Waals surface area contributed by atoms with Gasteiger partial charge in [0.1, 0.15) is 22.5 Å². The van der Waals surface area contributed by atoms with Gasteiger partial charge in [-0.1, -0.05) is 57.5 Å². The molecule has 5 nitrogen and oxygen atoms in total. The van der Waals surface area contributed by atoms with Gasteiger partial charge in [0.15, 0.2) is 0 Å². The van der Waals surface area contributed by atoms with Gasteiger partial charge in [0.2, 0.25) is 5.91 Å². The first-order valence-electron chi connectivity index (χ1n) is 10.1. The summed E-state index contributed by atoms with van der Waals surface area (Å²) in [6.45, 7) is 0. The fourth-order valence-electron chi connectivity index (χ4n) is 3.40. The van der Waals surface area contributed by atoms with Crippen LogP contribution in [0.25, 0.3) is 0 Å². The van der Waals surface area contributed by atoms with Crippen LogP contribution in [0, 0.1) is 17.1 Å². The molecule has 1 aliphatic heterocycles. The lowest BCUT2D eigenvalue weighted by Gasteiger charge is -2.18. The zero-order valence-corrected chi connectivity index (χ0v) is 20.6. The van der Waals surface area contributed by atoms with Crippen molar-refractivity contribution in [3.63, 3.8) is 0 Å². The number of nitrogens with zero attached hydrogens (tertiary/aromatic N) is 2. The molecule has 1 fully saturated rings. The molecule has 0 aromatic heterocycles. The molecule has 0 saturated carbocycles. The topological polar surface area (TPSA) is 73.2 Å². The summed E-state index contributed by atoms with van der Waals surface area (Å²) < 4.78 is 14.4. The fourth-order valence-corrected chi connectivity index (χ4v) is 5.18. The van der Waals surface area contributed by atoms with E-state index in [2.05, 4.69) is 21.2 Å². The van der Waals surface area contributed by atoms with E-state index < -0.39 is 17.0 Å². The Morgan fingerprint density at radius 2 is 1.79 bits per heavy atom. The van der Waals surface area contributed by atoms with Gasteiger partial charge in [-0.3, -0.25) is 14.5 Å². The number of carbonyl (C=O) groups excluding carboxylic acids is 2. The zero-order chi connectivity index (χ0) is 24.2. The standard InChI is InChI=1S/C25H16BrClFN3O2S/c26-16-5-9-18(10-6-16)30-23(32)20(14-29)25-31(19-11-7-17(28)8-12-19)24(33)22(34-25)13-15-3-1-2-4-21(15)27/h1-12,22H,13H2,(H,30,32). The minimum atomic E-state index is -0.648. The van der Waals surface area contributed by atoms with E-state index in [4.69, 9.17) is 11.6 Å². The number of anilines is 2. The number of benzene rings is 3. The van der Waals surface area contributed by atoms with Crippen molar-refractivity contribution in [2.45, 2.75) is 11.7 Å². The van der Waals surface area contributed by atoms with Crippen LogP contribution < -0.4 is 10.2 Å². The Morgan fingerprint density at radius 3 is 2.44 bits per heavy atom. The summed E-state index contributed by atoms with van der Waals surface area (Å²) in [4.78, 5) is 27.8. The molecule has 9 heteroatoms. The first kappa shape index (κ1) is 24.0. The maximum Gasteiger partial charge on any atom is 0.269 e. The van der Waals surface area contributed by atoms with Gasteiger partial charge in [-0.2, -0.15) is 5.26 Å². The Morgan fingerprint density at radius 1 is 1.12 bits per heavy atom. The Labute approximate surface area is 213 Å². The van der Waals surface area contributed by atoms with Crippen molar-refractivity contribution in [2.75, 3.05) is 10.2 Å². The normalized spacial score (nSPS) is 16.8. The molecule has 34 heavy (non-hydrogen) atoms. The molecule has 0 spiro atoms. The van der Waals surface area contributed by atoms with E-state index in [-0.39, 0.29) is 16.5 Å². The smallest absolute Gasteiger partial charge is 0.269 e. The predicted octanol–water partition coefficient (Wildman–Crippen LogP) is 6.31. The number of rotatable bonds is 5. The Hall–Kier alpha value is -3.12. The monoisotopic (exact) mass is 555 g/mol. The van der Waals surface area contributed by atoms with Crippen LogP contribution >= 0.6 is 39.3 Å². The minimum Gasteiger partial charge on any atom is -0.321 e. The number of carbonyl (C=O) groups is 2. The molecular weight excluding hydrogens is 541 g/mol. The highest BCUT2D eigenvalue weighted by Gasteiger charge is 2.41. The first-order chi connectivity index (χ1) is 16.4. The van der Waals surface area contributed by atoms with Crippen LogP contribution in [-0.4, -0.2) is 17.1 Å². The summed E-state index contributed by atoms with van der Waals surface area (Å²) in [6, 6.07) is 21.3. The van der Waals surface area contributed by atoms with Crippen molar-refractivity contribution >= 4 is 62.5 Å². The summed E-state index contributed by atoms with van der Waals surface area (Å²) in [5.74, 6) is -1.43. The van der Waals surface area contributed by atoms with Crippen LogP contribution in [0.2, 0.25) is 5.02 Å². The van der Waals surface area contributed by atoms with Gasteiger partial charge in [-0.05, 0) is 66.6 Å². The van der Waals surface area contributed by atoms with E-state index in [0.717, 1.165) is 21.8 Å². The molecule has 3 aromatic carbocycles. The van der Waals surface area contributed by atoms with Crippen molar-refractivity contribution in [1.82, 2.24) is 0 Å². The predicted molar refractivity (Wildman–Crippen MR) is 136 cm³/mol. The summed E-state index contributed by atoms with van der Waals surface area (Å²) in [7, 11) is 0. The molecular formula is C25H16BrClFN3O2S. The Balaban J connectivity index is 1.73. The lowest BCUT2D eigenvalue weighted by molar-refractivity contribution is -0.117. The van der Waals surface area contributed by atoms with Crippen LogP contribution in [-0.2, 0) is 16.0 Å². The van der Waals surface area contributed by atoms with Crippen LogP contribution in [0.4, 0.5) is 15.8 Å². The number of hydrogen-bond acceptors (Lipinski definition) is 4. The summed E-state index contributed by atoms with van der Waals surface area (Å²) >= 11 is 10.7. The average molecular weight is 557 g/mol. The molecule has 1 heterocycles. The summed E-state index contributed by atoms with van der Waals surface area (Å²) in [5.41, 5.74) is 1.41. The molecule has 0 bridgehead atoms. The van der Waals surface area contributed by atoms with E-state index in [0.29, 0.717) is 22.8 Å². The quantitative estimate of drug-likeness (QED) is 0.295. The van der Waals surface area contributed by atoms with Gasteiger partial charge in [-0.25, -0.2) is 4.39 Å². The van der Waals surface area contributed by atoms with Crippen LogP contribution in [0.5, 0.6) is 0 Å². The highest BCUT2D eigenvalue weighted by Crippen LogP contribution is 2.42. The molecule has 1 aliphatic rings. The molecule has 0 aliphatic carbocycles. The molecule has 1 saturated heterocycles. The average Bonchev–Trinajstić information content (AvgIpc) is 3.13. The van der Waals surface area contributed by atoms with Crippen LogP contribution in [0.3, 0.4) is 0 Å². The number of hydrogen-bond donors (Lipinski definition) is 1. The van der Waals surface area contributed by atoms with Gasteiger partial charge in [-0.15, -0.1) is 0 Å². The molecule has 1 atom stereocenters. The van der Waals surface area contributed by atoms with Crippen LogP contribution in [0.15, 0.2) is 87.9 Å². The second-order valence-corrected chi connectivity index (χ2v) is 9.82. The van der Waals surface area contributed by atoms with Gasteiger partial charge in [0, 0.05) is 20.9 Å². The fraction of sp³-hybridized carbons (Fsp3) is 0.0800. The minimum absolute atomic E-state index is 0.186. The van der Waals surface area contributed by atoms with Crippen molar-refractivity contribution in [3.05, 3.63) is 104 Å². The summed E-state index contributed by atoms with van der Waals surface area (Å²) in [6.07, 6.45) is 0.303. The van der Waals surface area contributed by atoms with E-state index >= 15 is 0 Å². The van der Waals surface area contributed by atoms with E-state index in [1.807, 2.05) is 18.2 Å². The molecule has 1 unspecified atom stereocenters. The molecule has 3 aromatic rings. The lowest BCUT2D eigenvalue weighted by Crippen LogP contribution is -2.31. The number of nitriles is 1. The number of amides is 2. The maximum atomic E-state index is 13.5. The molecule has 170 valence electrons. The van der Waals surface area contributed by atoms with Crippen molar-refractivity contribution in [3.8, 4) is 6.07 Å². The third kappa shape index (κ3) is 5.17. The largest absolute Gasteiger partial charge is 0.321 e. The van der Waals surface area contributed by atoms with Gasteiger partial charge in [0.05, 0.1) is 5.25 Å². The maximum absolute atomic E-state index is 13.5. The second-order valence-electron chi connectivity index (χ2n) is 7.31. The van der Waals surface area contributed by atoms with Crippen molar-refractivity contribution in [1.29, 1.82) is 5.26 Å². The van der Waals surface area contributed by atoms with Gasteiger partial charge >= 0.3 is 0 Å². The highest BCUT2D eigenvalue weighted by atomic mass is 79.9. The van der Waals surface area contributed by atoms with Crippen molar-refractivity contribution in [2.24, 2.45) is 0 Å². The Bertz CT molecular complexity index is 1320. The SMILES string of the molecule is N#CC(C(=O)Nc1ccc(Br)cc1)=C1SC(Cc2ccccc2Cl)C(=O)N1c1ccc(F)cc1. The van der Waals surface area contributed by atoms with E-state index in [1.165, 1.54) is 29.2 Å². The number of halogens is 3. The number of thioether (sulfide) groups is 1. The second kappa shape index (κ2) is 10.4. The lowest BCUT2D eigenvalue weighted by atomic mass is 10.1. The van der Waals surface area contributed by atoms with E-state index in [9.17, 15) is 19.2 Å². The Kier molecular flexibility index (Phi) is 7.37. The first-order valence-corrected chi connectivity index (χ1v) is 12.1. The zero-order valence-electron chi connectivity index (χ0n) is 17.5. The number of nitrogens with one attached hydrogen (secondary N) is 1. The molecule has 2 amide bonds. The molecule has 4 rings (SSSR count). The van der Waals surface area contributed by atoms with Gasteiger partial charge in [0.25, 0.3) is 5.91 Å².